The van der Waals surface area contributed by atoms with E-state index < -0.39 is 95.8 Å². The highest BCUT2D eigenvalue weighted by atomic mass is 16.7. The van der Waals surface area contributed by atoms with Crippen molar-refractivity contribution in [3.63, 3.8) is 0 Å². The molecule has 13 heteroatoms. The Labute approximate surface area is 304 Å². The molecule has 0 amide bonds. The fraction of sp³-hybridized carbons (Fsp3) is 0.921. The van der Waals surface area contributed by atoms with E-state index >= 15 is 0 Å². The molecule has 4 rings (SSSR count). The summed E-state index contributed by atoms with van der Waals surface area (Å²) in [5.74, 6) is -2.31. The number of hydrogen-bond acceptors (Lipinski definition) is 13. The molecule has 4 heterocycles. The van der Waals surface area contributed by atoms with Gasteiger partial charge in [0.25, 0.3) is 0 Å². The van der Waals surface area contributed by atoms with Crippen molar-refractivity contribution >= 4 is 5.97 Å². The summed E-state index contributed by atoms with van der Waals surface area (Å²) in [5.41, 5.74) is -3.00. The van der Waals surface area contributed by atoms with E-state index in [1.165, 1.54) is 14.0 Å². The van der Waals surface area contributed by atoms with Gasteiger partial charge in [-0.3, -0.25) is 4.79 Å². The number of fused-ring (bicyclic) bond motifs is 2. The number of carbonyl (C=O) groups is 1. The summed E-state index contributed by atoms with van der Waals surface area (Å²) < 4.78 is 44.8. The molecule has 0 aromatic rings. The van der Waals surface area contributed by atoms with Gasteiger partial charge in [-0.1, -0.05) is 27.7 Å². The van der Waals surface area contributed by atoms with Gasteiger partial charge in [0, 0.05) is 37.8 Å². The molecule has 4 N–H and O–H groups in total. The van der Waals surface area contributed by atoms with Crippen LogP contribution in [0.3, 0.4) is 0 Å². The summed E-state index contributed by atoms with van der Waals surface area (Å²) in [6.45, 7) is 20.8. The third kappa shape index (κ3) is 8.33. The minimum atomic E-state index is -1.82. The van der Waals surface area contributed by atoms with Crippen LogP contribution < -0.4 is 0 Å². The van der Waals surface area contributed by atoms with E-state index in [4.69, 9.17) is 33.2 Å². The molecular weight excluding hydrogens is 662 g/mol. The Bertz CT molecular complexity index is 1230. The number of likely N-dealkylation sites (N-methyl/N-ethyl adjacent to an activating group) is 1. The zero-order chi connectivity index (χ0) is 38.4. The van der Waals surface area contributed by atoms with E-state index in [0.717, 1.165) is 12.1 Å². The van der Waals surface area contributed by atoms with Crippen LogP contribution in [-0.2, 0) is 38.0 Å². The number of cyclic esters (lactones) is 1. The molecule has 0 saturated carbocycles. The van der Waals surface area contributed by atoms with Crippen LogP contribution in [0.15, 0.2) is 11.3 Å². The van der Waals surface area contributed by atoms with Crippen LogP contribution in [0.5, 0.6) is 0 Å². The van der Waals surface area contributed by atoms with Crippen molar-refractivity contribution in [2.45, 2.75) is 186 Å². The van der Waals surface area contributed by atoms with Crippen molar-refractivity contribution in [2.24, 2.45) is 17.8 Å². The maximum atomic E-state index is 14.1. The van der Waals surface area contributed by atoms with E-state index in [9.17, 15) is 25.2 Å². The first kappa shape index (κ1) is 42.4. The second kappa shape index (κ2) is 16.1. The zero-order valence-corrected chi connectivity index (χ0v) is 33.1. The van der Waals surface area contributed by atoms with Crippen molar-refractivity contribution in [1.29, 1.82) is 0 Å². The Morgan fingerprint density at radius 1 is 0.961 bits per heavy atom. The lowest BCUT2D eigenvalue weighted by atomic mass is 9.78. The number of aliphatic hydroxyl groups excluding tert-OH is 3. The Morgan fingerprint density at radius 2 is 1.61 bits per heavy atom. The summed E-state index contributed by atoms with van der Waals surface area (Å²) in [7, 11) is 3.49. The number of carbonyl (C=O) groups excluding carboxylic acids is 1. The van der Waals surface area contributed by atoms with Crippen LogP contribution in [0.4, 0.5) is 0 Å². The molecule has 0 aliphatic carbocycles. The van der Waals surface area contributed by atoms with Gasteiger partial charge >= 0.3 is 5.97 Å². The Balaban J connectivity index is 1.84. The third-order valence-electron chi connectivity index (χ3n) is 12.4. The van der Waals surface area contributed by atoms with Gasteiger partial charge in [0.05, 0.1) is 35.9 Å². The monoisotopic (exact) mass is 729 g/mol. The van der Waals surface area contributed by atoms with Crippen molar-refractivity contribution < 1.29 is 58.4 Å². The molecule has 4 aliphatic heterocycles. The van der Waals surface area contributed by atoms with E-state index in [-0.39, 0.29) is 25.0 Å². The van der Waals surface area contributed by atoms with Gasteiger partial charge in [0.2, 0.25) is 0 Å². The number of methoxy groups -OCH3 is 1. The highest BCUT2D eigenvalue weighted by molar-refractivity contribution is 5.73. The second-order valence-corrected chi connectivity index (χ2v) is 16.5. The molecule has 17 atom stereocenters. The number of aliphatic hydroxyl groups is 4. The molecule has 3 saturated heterocycles. The molecule has 0 aromatic carbocycles. The summed E-state index contributed by atoms with van der Waals surface area (Å²) >= 11 is 0. The lowest BCUT2D eigenvalue weighted by molar-refractivity contribution is -0.317. The van der Waals surface area contributed by atoms with Crippen molar-refractivity contribution in [3.05, 3.63) is 11.3 Å². The minimum Gasteiger partial charge on any atom is -0.489 e. The molecule has 4 aliphatic rings. The molecule has 0 aromatic heterocycles. The highest BCUT2D eigenvalue weighted by Crippen LogP contribution is 2.47. The highest BCUT2D eigenvalue weighted by Gasteiger charge is 2.56. The first-order chi connectivity index (χ1) is 23.6. The molecule has 3 fully saturated rings. The van der Waals surface area contributed by atoms with E-state index in [0.29, 0.717) is 18.6 Å². The van der Waals surface area contributed by atoms with Gasteiger partial charge in [-0.2, -0.15) is 0 Å². The predicted octanol–water partition coefficient (Wildman–Crippen LogP) is 3.28. The maximum absolute atomic E-state index is 14.1. The molecular formula is C38H67NO12. The first-order valence-corrected chi connectivity index (χ1v) is 18.9. The van der Waals surface area contributed by atoms with Gasteiger partial charge in [-0.15, -0.1) is 0 Å². The average molecular weight is 730 g/mol. The standard InChI is InChI=1S/C38H67NO12/c1-14-26-38(11,44)31(41)21(5)29-19(3)17-37(10,51-29)33(50-35-28(40)25(39(12)15-2)16-20(4)46-35)22(6)30(23(7)34(43)48-26)49-27-18-36(9,45-13)32(42)24(8)47-27/h20-28,30-33,35,40-42,44H,14-18H2,1-13H3/t20-,21+,22?,23?,24-,25-,26?,27+,28-,30?,31-,32+,33-,35+,36-,37+,38-/m1/s1. The second-order valence-electron chi connectivity index (χ2n) is 16.5. The molecule has 13 nitrogen and oxygen atoms in total. The van der Waals surface area contributed by atoms with Crippen LogP contribution >= 0.6 is 0 Å². The smallest absolute Gasteiger partial charge is 0.311 e. The number of hydrogen-bond donors (Lipinski definition) is 4. The average Bonchev–Trinajstić information content (AvgIpc) is 3.40. The van der Waals surface area contributed by atoms with Crippen LogP contribution in [-0.4, -0.2) is 136 Å². The summed E-state index contributed by atoms with van der Waals surface area (Å²) in [4.78, 5) is 16.2. The van der Waals surface area contributed by atoms with Gasteiger partial charge in [-0.05, 0) is 80.5 Å². The fourth-order valence-electron chi connectivity index (χ4n) is 8.89. The lowest BCUT2D eigenvalue weighted by Gasteiger charge is -2.48. The number of rotatable bonds is 8. The van der Waals surface area contributed by atoms with Crippen LogP contribution in [0.25, 0.3) is 0 Å². The van der Waals surface area contributed by atoms with Gasteiger partial charge < -0.3 is 58.5 Å². The van der Waals surface area contributed by atoms with Crippen LogP contribution in [0.2, 0.25) is 0 Å². The third-order valence-corrected chi connectivity index (χ3v) is 12.4. The van der Waals surface area contributed by atoms with E-state index in [1.54, 1.807) is 34.6 Å². The molecule has 4 unspecified atom stereocenters. The van der Waals surface area contributed by atoms with Crippen LogP contribution in [0, 0.1) is 17.8 Å². The fourth-order valence-corrected chi connectivity index (χ4v) is 8.89. The molecule has 51 heavy (non-hydrogen) atoms. The summed E-state index contributed by atoms with van der Waals surface area (Å²) in [5, 5.41) is 46.0. The zero-order valence-electron chi connectivity index (χ0n) is 33.1. The van der Waals surface area contributed by atoms with Gasteiger partial charge in [0.15, 0.2) is 12.6 Å². The number of nitrogens with zero attached hydrogens (tertiary/aromatic N) is 1. The topological polar surface area (TPSA) is 166 Å². The Morgan fingerprint density at radius 3 is 2.20 bits per heavy atom. The SMILES string of the molecule is CCC1OC(=O)C(C)C(O[C@H]2C[C@@](C)(OC)[C@@H](O)[C@@H](C)O2)C(C)[C@@H](O[C@@H]2O[C@H](C)C[C@@H](N(C)CC)[C@H]2O)[C@]2(C)CC(C)=C(O2)[C@H](C)[C@@H](O)[C@]1(C)O. The molecule has 0 radical (unpaired) electrons. The molecule has 296 valence electrons. The Hall–Kier alpha value is -1.39. The number of esters is 1. The quantitative estimate of drug-likeness (QED) is 0.269. The van der Waals surface area contributed by atoms with E-state index in [2.05, 4.69) is 4.90 Å². The predicted molar refractivity (Wildman–Crippen MR) is 188 cm³/mol. The molecule has 2 bridgehead atoms. The van der Waals surface area contributed by atoms with Crippen molar-refractivity contribution in [2.75, 3.05) is 20.7 Å². The minimum absolute atomic E-state index is 0.174. The van der Waals surface area contributed by atoms with Gasteiger partial charge in [0.1, 0.15) is 41.4 Å². The summed E-state index contributed by atoms with van der Waals surface area (Å²) in [6.07, 6.45) is -7.37. The number of ether oxygens (including phenoxy) is 7. The first-order valence-electron chi connectivity index (χ1n) is 18.9. The normalized spacial score (nSPS) is 48.8. The van der Waals surface area contributed by atoms with E-state index in [1.807, 2.05) is 41.7 Å². The largest absolute Gasteiger partial charge is 0.489 e. The van der Waals surface area contributed by atoms with Crippen molar-refractivity contribution in [3.8, 4) is 0 Å². The van der Waals surface area contributed by atoms with Crippen LogP contribution in [0.1, 0.15) is 102 Å². The summed E-state index contributed by atoms with van der Waals surface area (Å²) in [6, 6.07) is -0.221. The lowest BCUT2D eigenvalue weighted by Crippen LogP contribution is -2.60. The van der Waals surface area contributed by atoms with Gasteiger partial charge in [-0.25, -0.2) is 0 Å². The van der Waals surface area contributed by atoms with Crippen molar-refractivity contribution in [1.82, 2.24) is 4.90 Å². The maximum Gasteiger partial charge on any atom is 0.311 e. The molecule has 0 spiro atoms. The Kier molecular flexibility index (Phi) is 13.4.